The molecule has 3 aromatic carbocycles. The molecule has 0 saturated carbocycles. The maximum absolute atomic E-state index is 13.1. The summed E-state index contributed by atoms with van der Waals surface area (Å²) in [6.07, 6.45) is 0. The second-order valence-electron chi connectivity index (χ2n) is 6.79. The number of aromatic nitrogens is 3. The lowest BCUT2D eigenvalue weighted by atomic mass is 10.1. The van der Waals surface area contributed by atoms with Crippen molar-refractivity contribution in [2.24, 2.45) is 0 Å². The van der Waals surface area contributed by atoms with Gasteiger partial charge in [0.1, 0.15) is 5.82 Å². The lowest BCUT2D eigenvalue weighted by Gasteiger charge is -2.09. The Hall–Kier alpha value is -3.80. The van der Waals surface area contributed by atoms with E-state index in [2.05, 4.69) is 21.5 Å². The third kappa shape index (κ3) is 3.91. The third-order valence-corrected chi connectivity index (χ3v) is 4.52. The Morgan fingerprint density at radius 1 is 0.966 bits per heavy atom. The van der Waals surface area contributed by atoms with Crippen molar-refractivity contribution < 1.29 is 9.18 Å². The van der Waals surface area contributed by atoms with Gasteiger partial charge in [0.25, 0.3) is 5.91 Å². The number of amides is 1. The van der Waals surface area contributed by atoms with Crippen LogP contribution in [0.2, 0.25) is 0 Å². The van der Waals surface area contributed by atoms with E-state index in [1.807, 2.05) is 56.3 Å². The molecule has 144 valence electrons. The largest absolute Gasteiger partial charge is 0.319 e. The van der Waals surface area contributed by atoms with E-state index in [-0.39, 0.29) is 11.6 Å². The standard InChI is InChI=1S/C23H19FN4O/c1-15-8-13-20(16(2)14-15)28-22(17-6-4-3-5-7-17)26-21(27-28)23(29)25-19-11-9-18(24)10-12-19/h3-14H,1-2H3,(H,25,29). The lowest BCUT2D eigenvalue weighted by Crippen LogP contribution is -2.14. The van der Waals surface area contributed by atoms with Gasteiger partial charge in [-0.2, -0.15) is 0 Å². The molecule has 1 heterocycles. The summed E-state index contributed by atoms with van der Waals surface area (Å²) in [5, 5.41) is 7.19. The number of carbonyl (C=O) groups excluding carboxylic acids is 1. The highest BCUT2D eigenvalue weighted by Crippen LogP contribution is 2.24. The highest BCUT2D eigenvalue weighted by atomic mass is 19.1. The summed E-state index contributed by atoms with van der Waals surface area (Å²) in [7, 11) is 0. The van der Waals surface area contributed by atoms with E-state index in [9.17, 15) is 9.18 Å². The summed E-state index contributed by atoms with van der Waals surface area (Å²) < 4.78 is 14.8. The van der Waals surface area contributed by atoms with Crippen LogP contribution in [0.15, 0.2) is 72.8 Å². The molecule has 1 N–H and O–H groups in total. The molecule has 1 aromatic heterocycles. The van der Waals surface area contributed by atoms with E-state index >= 15 is 0 Å². The number of aryl methyl sites for hydroxylation is 2. The molecule has 0 unspecified atom stereocenters. The van der Waals surface area contributed by atoms with Gasteiger partial charge in [0, 0.05) is 11.3 Å². The zero-order chi connectivity index (χ0) is 20.4. The number of halogens is 1. The summed E-state index contributed by atoms with van der Waals surface area (Å²) in [6.45, 7) is 4.02. The molecule has 0 fully saturated rings. The molecule has 5 nitrogen and oxygen atoms in total. The molecule has 1 amide bonds. The van der Waals surface area contributed by atoms with E-state index in [4.69, 9.17) is 0 Å². The summed E-state index contributed by atoms with van der Waals surface area (Å²) >= 11 is 0. The molecule has 0 aliphatic rings. The Bertz CT molecular complexity index is 1170. The first kappa shape index (κ1) is 18.6. The molecule has 6 heteroatoms. The zero-order valence-electron chi connectivity index (χ0n) is 16.1. The van der Waals surface area contributed by atoms with Crippen molar-refractivity contribution in [2.45, 2.75) is 13.8 Å². The Kier molecular flexibility index (Phi) is 4.91. The van der Waals surface area contributed by atoms with Crippen LogP contribution in [0.3, 0.4) is 0 Å². The highest BCUT2D eigenvalue weighted by molar-refractivity contribution is 6.01. The van der Waals surface area contributed by atoms with Crippen molar-refractivity contribution in [2.75, 3.05) is 5.32 Å². The maximum Gasteiger partial charge on any atom is 0.295 e. The van der Waals surface area contributed by atoms with E-state index < -0.39 is 5.91 Å². The van der Waals surface area contributed by atoms with Gasteiger partial charge < -0.3 is 5.32 Å². The molecule has 0 radical (unpaired) electrons. The van der Waals surface area contributed by atoms with Crippen LogP contribution in [0.25, 0.3) is 17.1 Å². The number of nitrogens with one attached hydrogen (secondary N) is 1. The highest BCUT2D eigenvalue weighted by Gasteiger charge is 2.19. The molecule has 0 aliphatic carbocycles. The van der Waals surface area contributed by atoms with Gasteiger partial charge in [-0.05, 0) is 49.7 Å². The van der Waals surface area contributed by atoms with Gasteiger partial charge in [0.05, 0.1) is 5.69 Å². The fraction of sp³-hybridized carbons (Fsp3) is 0.0870. The van der Waals surface area contributed by atoms with Crippen molar-refractivity contribution >= 4 is 11.6 Å². The smallest absolute Gasteiger partial charge is 0.295 e. The van der Waals surface area contributed by atoms with Crippen LogP contribution in [-0.2, 0) is 0 Å². The van der Waals surface area contributed by atoms with Crippen molar-refractivity contribution in [1.82, 2.24) is 14.8 Å². The van der Waals surface area contributed by atoms with Crippen molar-refractivity contribution in [3.63, 3.8) is 0 Å². The van der Waals surface area contributed by atoms with Gasteiger partial charge in [0.2, 0.25) is 5.82 Å². The monoisotopic (exact) mass is 386 g/mol. The first-order valence-electron chi connectivity index (χ1n) is 9.18. The minimum Gasteiger partial charge on any atom is -0.319 e. The van der Waals surface area contributed by atoms with Crippen LogP contribution in [0.5, 0.6) is 0 Å². The Balaban J connectivity index is 1.77. The molecule has 4 aromatic rings. The molecule has 0 bridgehead atoms. The van der Waals surface area contributed by atoms with E-state index in [0.29, 0.717) is 11.5 Å². The Labute approximate surface area is 167 Å². The normalized spacial score (nSPS) is 10.7. The molecular weight excluding hydrogens is 367 g/mol. The van der Waals surface area contributed by atoms with Crippen LogP contribution in [0.1, 0.15) is 21.7 Å². The predicted octanol–water partition coefficient (Wildman–Crippen LogP) is 4.94. The van der Waals surface area contributed by atoms with Crippen LogP contribution in [-0.4, -0.2) is 20.7 Å². The van der Waals surface area contributed by atoms with Gasteiger partial charge in [-0.1, -0.05) is 48.0 Å². The molecule has 0 atom stereocenters. The van der Waals surface area contributed by atoms with Crippen molar-refractivity contribution in [1.29, 1.82) is 0 Å². The quantitative estimate of drug-likeness (QED) is 0.540. The minimum atomic E-state index is -0.461. The molecular formula is C23H19FN4O. The predicted molar refractivity (Wildman–Crippen MR) is 111 cm³/mol. The molecule has 4 rings (SSSR count). The lowest BCUT2D eigenvalue weighted by molar-refractivity contribution is 0.101. The third-order valence-electron chi connectivity index (χ3n) is 4.52. The van der Waals surface area contributed by atoms with E-state index in [0.717, 1.165) is 22.4 Å². The second-order valence-corrected chi connectivity index (χ2v) is 6.79. The van der Waals surface area contributed by atoms with Gasteiger partial charge in [-0.3, -0.25) is 4.79 Å². The van der Waals surface area contributed by atoms with Gasteiger partial charge in [-0.15, -0.1) is 5.10 Å². The number of hydrogen-bond acceptors (Lipinski definition) is 3. The number of benzene rings is 3. The number of hydrogen-bond donors (Lipinski definition) is 1. The van der Waals surface area contributed by atoms with Gasteiger partial charge in [-0.25, -0.2) is 14.1 Å². The zero-order valence-corrected chi connectivity index (χ0v) is 16.1. The minimum absolute atomic E-state index is 0.0353. The molecule has 0 saturated heterocycles. The van der Waals surface area contributed by atoms with Crippen LogP contribution in [0.4, 0.5) is 10.1 Å². The maximum atomic E-state index is 13.1. The number of nitrogens with zero attached hydrogens (tertiary/aromatic N) is 3. The number of carbonyl (C=O) groups is 1. The Morgan fingerprint density at radius 3 is 2.38 bits per heavy atom. The fourth-order valence-corrected chi connectivity index (χ4v) is 3.11. The molecule has 0 aliphatic heterocycles. The first-order chi connectivity index (χ1) is 14.0. The van der Waals surface area contributed by atoms with Gasteiger partial charge >= 0.3 is 0 Å². The van der Waals surface area contributed by atoms with Crippen LogP contribution in [0, 0.1) is 19.7 Å². The SMILES string of the molecule is Cc1ccc(-n2nc(C(=O)Nc3ccc(F)cc3)nc2-c2ccccc2)c(C)c1. The second kappa shape index (κ2) is 7.67. The summed E-state index contributed by atoms with van der Waals surface area (Å²) in [6, 6.07) is 21.2. The van der Waals surface area contributed by atoms with Gasteiger partial charge in [0.15, 0.2) is 5.82 Å². The summed E-state index contributed by atoms with van der Waals surface area (Å²) in [5.74, 6) is -0.223. The molecule has 0 spiro atoms. The Morgan fingerprint density at radius 2 is 1.69 bits per heavy atom. The van der Waals surface area contributed by atoms with E-state index in [1.165, 1.54) is 24.3 Å². The number of anilines is 1. The summed E-state index contributed by atoms with van der Waals surface area (Å²) in [5.41, 5.74) is 4.34. The number of rotatable bonds is 4. The van der Waals surface area contributed by atoms with E-state index in [1.54, 1.807) is 4.68 Å². The van der Waals surface area contributed by atoms with Crippen LogP contribution >= 0.6 is 0 Å². The van der Waals surface area contributed by atoms with Crippen molar-refractivity contribution in [3.05, 3.63) is 95.6 Å². The average Bonchev–Trinajstić information content (AvgIpc) is 3.16. The average molecular weight is 386 g/mol. The summed E-state index contributed by atoms with van der Waals surface area (Å²) in [4.78, 5) is 17.2. The fourth-order valence-electron chi connectivity index (χ4n) is 3.11. The van der Waals surface area contributed by atoms with Crippen LogP contribution < -0.4 is 5.32 Å². The van der Waals surface area contributed by atoms with Crippen molar-refractivity contribution in [3.8, 4) is 17.1 Å². The first-order valence-corrected chi connectivity index (χ1v) is 9.18. The molecule has 29 heavy (non-hydrogen) atoms. The topological polar surface area (TPSA) is 59.8 Å².